The Balaban J connectivity index is 4.73. The highest BCUT2D eigenvalue weighted by molar-refractivity contribution is 8.14. The van der Waals surface area contributed by atoms with Crippen LogP contribution in [0.25, 0.3) is 0 Å². The maximum Gasteiger partial charge on any atom is 0.217 e. The number of thioether (sulfide) groups is 1. The van der Waals surface area contributed by atoms with E-state index in [0.717, 1.165) is 24.6 Å². The van der Waals surface area contributed by atoms with E-state index in [-0.39, 0.29) is 28.3 Å². The van der Waals surface area contributed by atoms with Gasteiger partial charge in [0.1, 0.15) is 0 Å². The summed E-state index contributed by atoms with van der Waals surface area (Å²) in [4.78, 5) is 34.1. The second-order valence-electron chi connectivity index (χ2n) is 4.80. The third-order valence-corrected chi connectivity index (χ3v) is 3.66. The summed E-state index contributed by atoms with van der Waals surface area (Å²) in [5, 5.41) is 5.08. The molecule has 0 radical (unpaired) electrons. The van der Waals surface area contributed by atoms with Gasteiger partial charge in [-0.25, -0.2) is 0 Å². The summed E-state index contributed by atoms with van der Waals surface area (Å²) in [5.41, 5.74) is 0.442. The number of amides is 2. The van der Waals surface area contributed by atoms with Crippen LogP contribution in [0.4, 0.5) is 0 Å². The highest BCUT2D eigenvalue weighted by atomic mass is 32.2. The minimum Gasteiger partial charge on any atom is -0.354 e. The van der Waals surface area contributed by atoms with Crippen molar-refractivity contribution in [1.29, 1.82) is 0 Å². The average Bonchev–Trinajstić information content (AvgIpc) is 2.26. The Hall–Kier alpha value is -1.30. The standard InChI is InChI=1S/C14H24N2O3S/c1-6-7-12(15-10(4)17)8-13(16-11(5)18)20-14(19)9(2)3/h12-13H,2,6-8H2,1,3-5H3,(H,15,17)(H,16,18). The molecule has 2 atom stereocenters. The van der Waals surface area contributed by atoms with E-state index in [1.165, 1.54) is 13.8 Å². The van der Waals surface area contributed by atoms with E-state index in [0.29, 0.717) is 12.0 Å². The molecule has 0 aromatic carbocycles. The third-order valence-electron chi connectivity index (χ3n) is 2.51. The second-order valence-corrected chi connectivity index (χ2v) is 5.97. The van der Waals surface area contributed by atoms with Gasteiger partial charge >= 0.3 is 0 Å². The zero-order valence-electron chi connectivity index (χ0n) is 12.6. The number of hydrogen-bond donors (Lipinski definition) is 2. The molecule has 0 saturated carbocycles. The van der Waals surface area contributed by atoms with Crippen LogP contribution < -0.4 is 10.6 Å². The molecule has 0 saturated heterocycles. The van der Waals surface area contributed by atoms with E-state index in [1.807, 2.05) is 6.92 Å². The zero-order valence-corrected chi connectivity index (χ0v) is 13.4. The minimum atomic E-state index is -0.361. The molecule has 0 aromatic rings. The highest BCUT2D eigenvalue weighted by Crippen LogP contribution is 2.20. The first kappa shape index (κ1) is 18.7. The normalized spacial score (nSPS) is 13.2. The maximum atomic E-state index is 11.7. The van der Waals surface area contributed by atoms with E-state index >= 15 is 0 Å². The molecule has 0 aliphatic carbocycles. The van der Waals surface area contributed by atoms with Gasteiger partial charge in [0, 0.05) is 19.9 Å². The summed E-state index contributed by atoms with van der Waals surface area (Å²) in [7, 11) is 0. The Morgan fingerprint density at radius 2 is 1.65 bits per heavy atom. The van der Waals surface area contributed by atoms with Crippen LogP contribution in [-0.2, 0) is 14.4 Å². The van der Waals surface area contributed by atoms with Crippen LogP contribution in [0, 0.1) is 0 Å². The van der Waals surface area contributed by atoms with E-state index in [2.05, 4.69) is 17.2 Å². The molecule has 2 unspecified atom stereocenters. The van der Waals surface area contributed by atoms with Gasteiger partial charge in [0.2, 0.25) is 16.9 Å². The van der Waals surface area contributed by atoms with E-state index in [4.69, 9.17) is 0 Å². The fourth-order valence-electron chi connectivity index (χ4n) is 1.74. The fourth-order valence-corrected chi connectivity index (χ4v) is 2.75. The molecule has 2 amide bonds. The molecule has 6 heteroatoms. The van der Waals surface area contributed by atoms with E-state index in [9.17, 15) is 14.4 Å². The van der Waals surface area contributed by atoms with Crippen LogP contribution in [0.2, 0.25) is 0 Å². The third kappa shape index (κ3) is 8.74. The molecule has 0 aliphatic heterocycles. The second kappa shape index (κ2) is 9.58. The summed E-state index contributed by atoms with van der Waals surface area (Å²) in [6.07, 6.45) is 2.23. The number of nitrogens with one attached hydrogen (secondary N) is 2. The van der Waals surface area contributed by atoms with Crippen LogP contribution in [0.1, 0.15) is 47.0 Å². The Kier molecular flexibility index (Phi) is 8.96. The lowest BCUT2D eigenvalue weighted by molar-refractivity contribution is -0.119. The molecule has 0 aromatic heterocycles. The van der Waals surface area contributed by atoms with Gasteiger partial charge in [-0.15, -0.1) is 0 Å². The first-order chi connectivity index (χ1) is 9.26. The molecule has 20 heavy (non-hydrogen) atoms. The van der Waals surface area contributed by atoms with E-state index in [1.54, 1.807) is 6.92 Å². The summed E-state index contributed by atoms with van der Waals surface area (Å²) in [6.45, 7) is 10.1. The van der Waals surface area contributed by atoms with Crippen molar-refractivity contribution in [3.63, 3.8) is 0 Å². The molecular formula is C14H24N2O3S. The molecule has 0 bridgehead atoms. The minimum absolute atomic E-state index is 0.0558. The van der Waals surface area contributed by atoms with Crippen molar-refractivity contribution in [2.24, 2.45) is 0 Å². The topological polar surface area (TPSA) is 75.3 Å². The number of carbonyl (C=O) groups is 3. The molecule has 0 fully saturated rings. The van der Waals surface area contributed by atoms with E-state index < -0.39 is 0 Å². The molecular weight excluding hydrogens is 276 g/mol. The van der Waals surface area contributed by atoms with Gasteiger partial charge < -0.3 is 10.6 Å². The van der Waals surface area contributed by atoms with Gasteiger partial charge in [0.25, 0.3) is 0 Å². The summed E-state index contributed by atoms with van der Waals surface area (Å²) >= 11 is 1.04. The van der Waals surface area contributed by atoms with Gasteiger partial charge in [0.15, 0.2) is 0 Å². The van der Waals surface area contributed by atoms with Gasteiger partial charge in [-0.05, 0) is 25.3 Å². The SMILES string of the molecule is C=C(C)C(=O)SC(CC(CCC)NC(C)=O)NC(C)=O. The van der Waals surface area contributed by atoms with Crippen LogP contribution in [-0.4, -0.2) is 28.3 Å². The van der Waals surface area contributed by atoms with Gasteiger partial charge in [-0.2, -0.15) is 0 Å². The first-order valence-electron chi connectivity index (χ1n) is 6.66. The highest BCUT2D eigenvalue weighted by Gasteiger charge is 2.21. The Labute approximate surface area is 125 Å². The summed E-state index contributed by atoms with van der Waals surface area (Å²) < 4.78 is 0. The number of carbonyl (C=O) groups excluding carboxylic acids is 3. The molecule has 114 valence electrons. The average molecular weight is 300 g/mol. The first-order valence-corrected chi connectivity index (χ1v) is 7.54. The molecule has 0 spiro atoms. The summed E-state index contributed by atoms with van der Waals surface area (Å²) in [6, 6.07) is -0.0558. The Morgan fingerprint density at radius 1 is 1.10 bits per heavy atom. The smallest absolute Gasteiger partial charge is 0.217 e. The van der Waals surface area contributed by atoms with Crippen LogP contribution in [0.3, 0.4) is 0 Å². The van der Waals surface area contributed by atoms with Crippen molar-refractivity contribution in [2.45, 2.75) is 58.4 Å². The lowest BCUT2D eigenvalue weighted by Crippen LogP contribution is -2.41. The van der Waals surface area contributed by atoms with Crippen LogP contribution in [0.15, 0.2) is 12.2 Å². The lowest BCUT2D eigenvalue weighted by Gasteiger charge is -2.23. The fraction of sp³-hybridized carbons (Fsp3) is 0.643. The largest absolute Gasteiger partial charge is 0.354 e. The van der Waals surface area contributed by atoms with Gasteiger partial charge in [-0.3, -0.25) is 14.4 Å². The van der Waals surface area contributed by atoms with Gasteiger partial charge in [-0.1, -0.05) is 31.7 Å². The van der Waals surface area contributed by atoms with Crippen molar-refractivity contribution >= 4 is 28.7 Å². The monoisotopic (exact) mass is 300 g/mol. The number of hydrogen-bond acceptors (Lipinski definition) is 4. The van der Waals surface area contributed by atoms with Crippen LogP contribution >= 0.6 is 11.8 Å². The molecule has 0 rings (SSSR count). The lowest BCUT2D eigenvalue weighted by atomic mass is 10.1. The predicted molar refractivity (Wildman–Crippen MR) is 82.1 cm³/mol. The van der Waals surface area contributed by atoms with Crippen molar-refractivity contribution in [2.75, 3.05) is 0 Å². The molecule has 0 aliphatic rings. The quantitative estimate of drug-likeness (QED) is 0.531. The van der Waals surface area contributed by atoms with Crippen LogP contribution in [0.5, 0.6) is 0 Å². The summed E-state index contributed by atoms with van der Waals surface area (Å²) in [5.74, 6) is -0.309. The molecule has 5 nitrogen and oxygen atoms in total. The Bertz CT molecular complexity index is 383. The predicted octanol–water partition coefficient (Wildman–Crippen LogP) is 1.98. The molecule has 0 heterocycles. The maximum absolute atomic E-state index is 11.7. The van der Waals surface area contributed by atoms with Gasteiger partial charge in [0.05, 0.1) is 5.37 Å². The van der Waals surface area contributed by atoms with Crippen molar-refractivity contribution in [3.8, 4) is 0 Å². The Morgan fingerprint density at radius 3 is 2.05 bits per heavy atom. The van der Waals surface area contributed by atoms with Crippen molar-refractivity contribution in [3.05, 3.63) is 12.2 Å². The zero-order chi connectivity index (χ0) is 15.7. The van der Waals surface area contributed by atoms with Crippen molar-refractivity contribution in [1.82, 2.24) is 10.6 Å². The number of rotatable bonds is 8. The molecule has 2 N–H and O–H groups in total. The van der Waals surface area contributed by atoms with Crippen molar-refractivity contribution < 1.29 is 14.4 Å².